The van der Waals surface area contributed by atoms with Crippen LogP contribution >= 0.6 is 143 Å². The van der Waals surface area contributed by atoms with Gasteiger partial charge in [-0.05, 0) is 25.7 Å². The fourth-order valence-corrected chi connectivity index (χ4v) is 6.92. The van der Waals surface area contributed by atoms with Crippen molar-refractivity contribution in [3.63, 3.8) is 0 Å². The van der Waals surface area contributed by atoms with E-state index in [-0.39, 0.29) is 19.3 Å². The van der Waals surface area contributed by atoms with E-state index in [1.807, 2.05) is 0 Å². The molecule has 202 valence electrons. The van der Waals surface area contributed by atoms with Crippen LogP contribution < -0.4 is 0 Å². The van der Waals surface area contributed by atoms with Crippen LogP contribution in [0.1, 0.15) is 25.7 Å². The second kappa shape index (κ2) is 18.4. The van der Waals surface area contributed by atoms with E-state index >= 15 is 0 Å². The maximum absolute atomic E-state index is 11.6. The molecule has 4 unspecified atom stereocenters. The SMILES string of the molecule is O=P(O)(O)OP(=O)(O)O.OC(CC(Br)CBr)(CC(Br)CBr)C(O)(CC(Br)CBr)CC(Br)CBr. The van der Waals surface area contributed by atoms with Gasteiger partial charge in [0.15, 0.2) is 0 Å². The number of phosphoric acid groups is 2. The molecule has 0 rings (SSSR count). The van der Waals surface area contributed by atoms with E-state index < -0.39 is 26.8 Å². The molecule has 0 aromatic carbocycles. The number of hydrogen-bond acceptors (Lipinski definition) is 5. The van der Waals surface area contributed by atoms with Gasteiger partial charge >= 0.3 is 15.6 Å². The largest absolute Gasteiger partial charge is 0.478 e. The molecule has 0 heterocycles. The first kappa shape index (κ1) is 39.2. The summed E-state index contributed by atoms with van der Waals surface area (Å²) in [5, 5.41) is 26.0. The molecule has 0 aliphatic heterocycles. The van der Waals surface area contributed by atoms with E-state index in [4.69, 9.17) is 19.6 Å². The van der Waals surface area contributed by atoms with Crippen molar-refractivity contribution in [1.29, 1.82) is 0 Å². The van der Waals surface area contributed by atoms with Crippen LogP contribution in [0, 0.1) is 0 Å². The lowest BCUT2D eigenvalue weighted by molar-refractivity contribution is -0.165. The highest BCUT2D eigenvalue weighted by Gasteiger charge is 2.51. The van der Waals surface area contributed by atoms with Gasteiger partial charge in [-0.15, -0.1) is 0 Å². The molecule has 0 spiro atoms. The van der Waals surface area contributed by atoms with Crippen LogP contribution in [0.25, 0.3) is 0 Å². The Balaban J connectivity index is 0. The van der Waals surface area contributed by atoms with Gasteiger partial charge in [0.2, 0.25) is 0 Å². The second-order valence-electron chi connectivity index (χ2n) is 6.95. The minimum Gasteiger partial charge on any atom is -0.387 e. The zero-order valence-electron chi connectivity index (χ0n) is 16.8. The summed E-state index contributed by atoms with van der Waals surface area (Å²) in [7, 11) is -10.1. The Bertz CT molecular complexity index is 562. The molecule has 19 heteroatoms. The van der Waals surface area contributed by atoms with Crippen LogP contribution in [0.4, 0.5) is 0 Å². The molecule has 0 saturated heterocycles. The lowest BCUT2D eigenvalue weighted by Gasteiger charge is -2.47. The monoisotopic (exact) mass is 1030 g/mol. The molecular formula is C14H26Br8O9P2. The van der Waals surface area contributed by atoms with Crippen LogP contribution in [-0.2, 0) is 13.4 Å². The van der Waals surface area contributed by atoms with E-state index in [2.05, 4.69) is 132 Å². The highest BCUT2D eigenvalue weighted by molar-refractivity contribution is 9.13. The van der Waals surface area contributed by atoms with E-state index in [0.717, 1.165) is 0 Å². The second-order valence-corrected chi connectivity index (χ2v) is 17.3. The van der Waals surface area contributed by atoms with Crippen LogP contribution in [0.15, 0.2) is 0 Å². The van der Waals surface area contributed by atoms with Crippen molar-refractivity contribution in [2.45, 2.75) is 56.2 Å². The first-order valence-corrected chi connectivity index (χ1v) is 20.1. The minimum absolute atomic E-state index is 0.0690. The van der Waals surface area contributed by atoms with Crippen LogP contribution in [0.2, 0.25) is 0 Å². The summed E-state index contributed by atoms with van der Waals surface area (Å²) < 4.78 is 22.2. The number of hydrogen-bond donors (Lipinski definition) is 6. The highest BCUT2D eigenvalue weighted by Crippen LogP contribution is 2.53. The fraction of sp³-hybridized carbons (Fsp3) is 1.00. The smallest absolute Gasteiger partial charge is 0.387 e. The van der Waals surface area contributed by atoms with Crippen molar-refractivity contribution >= 4 is 143 Å². The molecule has 4 atom stereocenters. The standard InChI is InChI=1S/C14H22Br8O2.H4O7P2/c15-5-9(19)1-13(23,2-10(20)6-16)14(24,3-11(21)7-17)4-12(22)8-18;1-8(2,3)7-9(4,5)6/h9-12,23-24H,1-8H2;(H2,1,2,3)(H2,4,5,6). The highest BCUT2D eigenvalue weighted by atomic mass is 79.9. The molecule has 0 aromatic heterocycles. The molecule has 0 aliphatic rings. The summed E-state index contributed by atoms with van der Waals surface area (Å²) in [4.78, 5) is 31.3. The van der Waals surface area contributed by atoms with Crippen molar-refractivity contribution in [3.05, 3.63) is 0 Å². The van der Waals surface area contributed by atoms with Crippen molar-refractivity contribution in [2.75, 3.05) is 21.3 Å². The summed E-state index contributed by atoms with van der Waals surface area (Å²) in [5.74, 6) is 0. The molecule has 0 fully saturated rings. The van der Waals surface area contributed by atoms with Gasteiger partial charge in [-0.25, -0.2) is 9.13 Å². The zero-order valence-corrected chi connectivity index (χ0v) is 31.3. The molecule has 33 heavy (non-hydrogen) atoms. The van der Waals surface area contributed by atoms with Crippen molar-refractivity contribution in [1.82, 2.24) is 0 Å². The topological polar surface area (TPSA) is 165 Å². The summed E-state index contributed by atoms with van der Waals surface area (Å²) >= 11 is 28.2. The Morgan fingerprint density at radius 3 is 0.848 bits per heavy atom. The van der Waals surface area contributed by atoms with Crippen molar-refractivity contribution in [3.8, 4) is 0 Å². The average Bonchev–Trinajstić information content (AvgIpc) is 2.64. The van der Waals surface area contributed by atoms with Crippen molar-refractivity contribution in [2.24, 2.45) is 0 Å². The fourth-order valence-electron chi connectivity index (χ4n) is 2.75. The zero-order chi connectivity index (χ0) is 26.7. The summed E-state index contributed by atoms with van der Waals surface area (Å²) in [5.41, 5.74) is -2.47. The third kappa shape index (κ3) is 18.9. The van der Waals surface area contributed by atoms with Crippen molar-refractivity contribution < 1.29 is 43.2 Å². The summed E-state index contributed by atoms with van der Waals surface area (Å²) in [6, 6.07) is 0. The number of aliphatic hydroxyl groups is 2. The van der Waals surface area contributed by atoms with Crippen LogP contribution in [0.5, 0.6) is 0 Å². The van der Waals surface area contributed by atoms with Gasteiger partial charge in [0.1, 0.15) is 0 Å². The van der Waals surface area contributed by atoms with Gasteiger partial charge in [0, 0.05) is 40.6 Å². The minimum atomic E-state index is -5.05. The molecule has 0 radical (unpaired) electrons. The van der Waals surface area contributed by atoms with E-state index in [0.29, 0.717) is 47.0 Å². The van der Waals surface area contributed by atoms with Gasteiger partial charge in [0.25, 0.3) is 0 Å². The first-order valence-electron chi connectivity index (χ1n) is 8.85. The number of alkyl halides is 8. The quantitative estimate of drug-likeness (QED) is 0.0876. The molecule has 0 amide bonds. The number of halogens is 8. The summed E-state index contributed by atoms with van der Waals surface area (Å²) in [6.45, 7) is 0. The maximum atomic E-state index is 11.6. The Hall–Kier alpha value is 4.02. The maximum Gasteiger partial charge on any atom is 0.478 e. The van der Waals surface area contributed by atoms with E-state index in [1.54, 1.807) is 0 Å². The molecule has 0 aliphatic carbocycles. The summed E-state index contributed by atoms with van der Waals surface area (Å²) in [6.07, 6.45) is 1.81. The van der Waals surface area contributed by atoms with Crippen LogP contribution in [-0.4, -0.2) is 81.6 Å². The predicted octanol–water partition coefficient (Wildman–Crippen LogP) is 5.83. The third-order valence-corrected chi connectivity index (χ3v) is 14.9. The Morgan fingerprint density at radius 2 is 0.758 bits per heavy atom. The van der Waals surface area contributed by atoms with E-state index in [9.17, 15) is 19.3 Å². The van der Waals surface area contributed by atoms with Gasteiger partial charge in [-0.2, -0.15) is 4.31 Å². The van der Waals surface area contributed by atoms with Crippen LogP contribution in [0.3, 0.4) is 0 Å². The predicted molar refractivity (Wildman–Crippen MR) is 160 cm³/mol. The third-order valence-electron chi connectivity index (χ3n) is 3.99. The molecule has 0 aromatic rings. The Kier molecular flexibility index (Phi) is 21.8. The Labute approximate surface area is 260 Å². The lowest BCUT2D eigenvalue weighted by Crippen LogP contribution is -2.59. The normalized spacial score (nSPS) is 19.9. The van der Waals surface area contributed by atoms with Gasteiger partial charge in [-0.1, -0.05) is 127 Å². The Morgan fingerprint density at radius 1 is 0.576 bits per heavy atom. The van der Waals surface area contributed by atoms with Gasteiger partial charge < -0.3 is 29.8 Å². The number of rotatable bonds is 15. The molecule has 9 nitrogen and oxygen atoms in total. The molecule has 0 saturated carbocycles. The van der Waals surface area contributed by atoms with E-state index in [1.165, 1.54) is 0 Å². The van der Waals surface area contributed by atoms with Gasteiger partial charge in [0.05, 0.1) is 11.2 Å². The molecule has 0 bridgehead atoms. The lowest BCUT2D eigenvalue weighted by atomic mass is 9.71. The van der Waals surface area contributed by atoms with Gasteiger partial charge in [-0.3, -0.25) is 0 Å². The first-order chi connectivity index (χ1) is 14.8. The average molecular weight is 1040 g/mol. The molecule has 6 N–H and O–H groups in total. The molecular weight excluding hydrogens is 1010 g/mol.